The first-order valence-corrected chi connectivity index (χ1v) is 5.55. The van der Waals surface area contributed by atoms with Crippen molar-refractivity contribution in [3.8, 4) is 0 Å². The second kappa shape index (κ2) is 6.02. The summed E-state index contributed by atoms with van der Waals surface area (Å²) in [5.41, 5.74) is 0. The van der Waals surface area contributed by atoms with Crippen LogP contribution in [0.15, 0.2) is 0 Å². The molecule has 0 aromatic heterocycles. The molecule has 0 atom stereocenters. The van der Waals surface area contributed by atoms with Crippen molar-refractivity contribution in [2.24, 2.45) is 5.92 Å². The molecule has 1 aliphatic heterocycles. The van der Waals surface area contributed by atoms with Crippen LogP contribution in [0.5, 0.6) is 0 Å². The summed E-state index contributed by atoms with van der Waals surface area (Å²) >= 11 is 0. The lowest BCUT2D eigenvalue weighted by Crippen LogP contribution is -2.47. The number of hydrogen-bond acceptors (Lipinski definition) is 3. The molecule has 0 N–H and O–H groups in total. The lowest BCUT2D eigenvalue weighted by molar-refractivity contribution is -0.143. The molecule has 14 heavy (non-hydrogen) atoms. The zero-order chi connectivity index (χ0) is 10.4. The van der Waals surface area contributed by atoms with E-state index < -0.39 is 0 Å². The lowest BCUT2D eigenvalue weighted by atomic mass is 9.96. The Kier molecular flexibility index (Phi) is 4.94. The summed E-state index contributed by atoms with van der Waals surface area (Å²) in [6.45, 7) is 5.58. The van der Waals surface area contributed by atoms with Gasteiger partial charge >= 0.3 is 5.97 Å². The molecule has 0 amide bonds. The molecule has 3 heteroatoms. The zero-order valence-corrected chi connectivity index (χ0v) is 9.29. The van der Waals surface area contributed by atoms with Gasteiger partial charge in [0.1, 0.15) is 0 Å². The van der Waals surface area contributed by atoms with E-state index >= 15 is 0 Å². The molecule has 1 rings (SSSR count). The largest absolute Gasteiger partial charge is 0.469 e. The van der Waals surface area contributed by atoms with Crippen molar-refractivity contribution < 1.29 is 9.53 Å². The highest BCUT2D eigenvalue weighted by molar-refractivity contribution is 5.69. The molecule has 1 heterocycles. The predicted molar refractivity (Wildman–Crippen MR) is 56.1 cm³/mol. The first kappa shape index (κ1) is 11.5. The minimum Gasteiger partial charge on any atom is -0.469 e. The Morgan fingerprint density at radius 3 is 2.71 bits per heavy atom. The molecule has 0 bridgehead atoms. The molecule has 1 fully saturated rings. The fourth-order valence-electron chi connectivity index (χ4n) is 1.89. The highest BCUT2D eigenvalue weighted by Crippen LogP contribution is 2.19. The van der Waals surface area contributed by atoms with Crippen LogP contribution in [-0.2, 0) is 9.53 Å². The molecule has 0 aromatic carbocycles. The average molecular weight is 199 g/mol. The molecular formula is C11H21NO2. The molecule has 82 valence electrons. The van der Waals surface area contributed by atoms with Crippen molar-refractivity contribution in [1.29, 1.82) is 0 Å². The van der Waals surface area contributed by atoms with Gasteiger partial charge in [0.2, 0.25) is 0 Å². The van der Waals surface area contributed by atoms with Crippen molar-refractivity contribution in [3.05, 3.63) is 0 Å². The summed E-state index contributed by atoms with van der Waals surface area (Å²) in [5.74, 6) is 0.479. The number of ether oxygens (including phenoxy) is 1. The third-order valence-corrected chi connectivity index (χ3v) is 2.79. The summed E-state index contributed by atoms with van der Waals surface area (Å²) in [4.78, 5) is 13.4. The van der Waals surface area contributed by atoms with Crippen LogP contribution >= 0.6 is 0 Å². The van der Waals surface area contributed by atoms with Crippen molar-refractivity contribution >= 4 is 5.97 Å². The number of carbonyl (C=O) groups excluding carboxylic acids is 1. The zero-order valence-electron chi connectivity index (χ0n) is 9.29. The number of unbranched alkanes of at least 4 members (excludes halogenated alkanes) is 2. The van der Waals surface area contributed by atoms with Gasteiger partial charge in [0.05, 0.1) is 13.5 Å². The van der Waals surface area contributed by atoms with Gasteiger partial charge in [0, 0.05) is 13.1 Å². The fraction of sp³-hybridized carbons (Fsp3) is 0.909. The predicted octanol–water partition coefficient (Wildman–Crippen LogP) is 1.67. The van der Waals surface area contributed by atoms with E-state index in [1.54, 1.807) is 0 Å². The molecule has 0 radical (unpaired) electrons. The summed E-state index contributed by atoms with van der Waals surface area (Å²) in [6.07, 6.45) is 4.49. The maximum Gasteiger partial charge on any atom is 0.305 e. The SMILES string of the molecule is CCCCCN1CC(CC(=O)OC)C1. The normalized spacial score (nSPS) is 17.9. The monoisotopic (exact) mass is 199 g/mol. The van der Waals surface area contributed by atoms with Crippen LogP contribution in [0.1, 0.15) is 32.6 Å². The number of carbonyl (C=O) groups is 1. The minimum atomic E-state index is -0.0665. The molecule has 0 aliphatic carbocycles. The topological polar surface area (TPSA) is 29.5 Å². The average Bonchev–Trinajstić information content (AvgIpc) is 2.13. The molecule has 3 nitrogen and oxygen atoms in total. The van der Waals surface area contributed by atoms with Gasteiger partial charge in [-0.15, -0.1) is 0 Å². The maximum absolute atomic E-state index is 10.9. The van der Waals surface area contributed by atoms with E-state index in [0.29, 0.717) is 12.3 Å². The quantitative estimate of drug-likeness (QED) is 0.481. The lowest BCUT2D eigenvalue weighted by Gasteiger charge is -2.38. The van der Waals surface area contributed by atoms with E-state index in [4.69, 9.17) is 0 Å². The first-order valence-electron chi connectivity index (χ1n) is 5.55. The number of likely N-dealkylation sites (tertiary alicyclic amines) is 1. The van der Waals surface area contributed by atoms with E-state index in [1.165, 1.54) is 32.9 Å². The van der Waals surface area contributed by atoms with Crippen LogP contribution < -0.4 is 0 Å². The number of esters is 1. The third-order valence-electron chi connectivity index (χ3n) is 2.79. The third kappa shape index (κ3) is 3.66. The number of hydrogen-bond donors (Lipinski definition) is 0. The molecule has 0 aromatic rings. The second-order valence-corrected chi connectivity index (χ2v) is 4.11. The number of nitrogens with zero attached hydrogens (tertiary/aromatic N) is 1. The summed E-state index contributed by atoms with van der Waals surface area (Å²) in [7, 11) is 1.46. The van der Waals surface area contributed by atoms with Gasteiger partial charge in [-0.1, -0.05) is 19.8 Å². The minimum absolute atomic E-state index is 0.0665. The number of rotatable bonds is 6. The van der Waals surface area contributed by atoms with Crippen LogP contribution in [0.3, 0.4) is 0 Å². The van der Waals surface area contributed by atoms with Crippen LogP contribution in [-0.4, -0.2) is 37.6 Å². The van der Waals surface area contributed by atoms with Crippen molar-refractivity contribution in [3.63, 3.8) is 0 Å². The van der Waals surface area contributed by atoms with Crippen LogP contribution in [0.4, 0.5) is 0 Å². The Balaban J connectivity index is 1.97. The van der Waals surface area contributed by atoms with E-state index in [1.807, 2.05) is 0 Å². The highest BCUT2D eigenvalue weighted by Gasteiger charge is 2.27. The van der Waals surface area contributed by atoms with Crippen molar-refractivity contribution in [2.75, 3.05) is 26.7 Å². The van der Waals surface area contributed by atoms with Gasteiger partial charge in [0.25, 0.3) is 0 Å². The van der Waals surface area contributed by atoms with Crippen molar-refractivity contribution in [2.45, 2.75) is 32.6 Å². The van der Waals surface area contributed by atoms with Crippen LogP contribution in [0, 0.1) is 5.92 Å². The molecular weight excluding hydrogens is 178 g/mol. The van der Waals surface area contributed by atoms with Crippen LogP contribution in [0.2, 0.25) is 0 Å². The van der Waals surface area contributed by atoms with Crippen LogP contribution in [0.25, 0.3) is 0 Å². The Morgan fingerprint density at radius 1 is 1.43 bits per heavy atom. The van der Waals surface area contributed by atoms with Gasteiger partial charge in [-0.2, -0.15) is 0 Å². The number of methoxy groups -OCH3 is 1. The summed E-state index contributed by atoms with van der Waals surface area (Å²) < 4.78 is 4.63. The first-order chi connectivity index (χ1) is 6.76. The van der Waals surface area contributed by atoms with Gasteiger partial charge in [-0.25, -0.2) is 0 Å². The maximum atomic E-state index is 10.9. The van der Waals surface area contributed by atoms with E-state index in [0.717, 1.165) is 13.1 Å². The van der Waals surface area contributed by atoms with E-state index in [9.17, 15) is 4.79 Å². The highest BCUT2D eigenvalue weighted by atomic mass is 16.5. The Hall–Kier alpha value is -0.570. The molecule has 1 aliphatic rings. The van der Waals surface area contributed by atoms with Gasteiger partial charge < -0.3 is 9.64 Å². The van der Waals surface area contributed by atoms with Gasteiger partial charge in [0.15, 0.2) is 0 Å². The smallest absolute Gasteiger partial charge is 0.305 e. The molecule has 1 saturated heterocycles. The molecule has 0 spiro atoms. The van der Waals surface area contributed by atoms with Gasteiger partial charge in [-0.05, 0) is 18.9 Å². The van der Waals surface area contributed by atoms with Crippen molar-refractivity contribution in [1.82, 2.24) is 4.90 Å². The Bertz CT molecular complexity index is 176. The second-order valence-electron chi connectivity index (χ2n) is 4.11. The molecule has 0 saturated carbocycles. The Morgan fingerprint density at radius 2 is 2.14 bits per heavy atom. The molecule has 0 unspecified atom stereocenters. The van der Waals surface area contributed by atoms with E-state index in [-0.39, 0.29) is 5.97 Å². The summed E-state index contributed by atoms with van der Waals surface area (Å²) in [5, 5.41) is 0. The fourth-order valence-corrected chi connectivity index (χ4v) is 1.89. The van der Waals surface area contributed by atoms with E-state index in [2.05, 4.69) is 16.6 Å². The van der Waals surface area contributed by atoms with Gasteiger partial charge in [-0.3, -0.25) is 4.79 Å². The Labute approximate surface area is 86.4 Å². The standard InChI is InChI=1S/C11H21NO2/c1-3-4-5-6-12-8-10(9-12)7-11(13)14-2/h10H,3-9H2,1-2H3. The summed E-state index contributed by atoms with van der Waals surface area (Å²) in [6, 6.07) is 0.